The molecule has 1 N–H and O–H groups in total. The fourth-order valence-electron chi connectivity index (χ4n) is 2.76. The zero-order valence-electron chi connectivity index (χ0n) is 13.0. The van der Waals surface area contributed by atoms with Crippen molar-refractivity contribution in [2.24, 2.45) is 0 Å². The van der Waals surface area contributed by atoms with Gasteiger partial charge in [0.15, 0.2) is 6.10 Å². The molecule has 2 rings (SSSR count). The van der Waals surface area contributed by atoms with Crippen molar-refractivity contribution in [3.8, 4) is 5.75 Å². The first-order chi connectivity index (χ1) is 9.47. The number of hydrogen-bond acceptors (Lipinski definition) is 2. The number of carbonyl (C=O) groups excluding carboxylic acids is 1. The van der Waals surface area contributed by atoms with Crippen molar-refractivity contribution in [1.29, 1.82) is 0 Å². The summed E-state index contributed by atoms with van der Waals surface area (Å²) >= 11 is 0. The van der Waals surface area contributed by atoms with E-state index in [9.17, 15) is 4.79 Å². The second kappa shape index (κ2) is 6.29. The molecule has 1 aromatic rings. The van der Waals surface area contributed by atoms with Crippen LogP contribution in [0.3, 0.4) is 0 Å². The molecule has 0 aliphatic heterocycles. The standard InChI is InChI=1S/C17H25NO2/c1-11-9-12(2)13(3)16(10-11)20-14(4)17(19)18-15-7-5-6-8-15/h9-10,14-15H,5-8H2,1-4H3,(H,18,19). The number of rotatable bonds is 4. The van der Waals surface area contributed by atoms with Crippen LogP contribution in [0.25, 0.3) is 0 Å². The van der Waals surface area contributed by atoms with E-state index < -0.39 is 6.10 Å². The van der Waals surface area contributed by atoms with Crippen LogP contribution >= 0.6 is 0 Å². The number of amides is 1. The van der Waals surface area contributed by atoms with Crippen LogP contribution in [0.2, 0.25) is 0 Å². The van der Waals surface area contributed by atoms with Crippen LogP contribution in [0.15, 0.2) is 12.1 Å². The lowest BCUT2D eigenvalue weighted by atomic mass is 10.1. The summed E-state index contributed by atoms with van der Waals surface area (Å²) < 4.78 is 5.87. The van der Waals surface area contributed by atoms with E-state index in [0.29, 0.717) is 6.04 Å². The maximum Gasteiger partial charge on any atom is 0.260 e. The maximum absolute atomic E-state index is 12.1. The summed E-state index contributed by atoms with van der Waals surface area (Å²) in [7, 11) is 0. The number of hydrogen-bond donors (Lipinski definition) is 1. The Morgan fingerprint density at radius 3 is 2.55 bits per heavy atom. The molecule has 0 bridgehead atoms. The van der Waals surface area contributed by atoms with Crippen molar-refractivity contribution in [2.75, 3.05) is 0 Å². The average Bonchev–Trinajstić information content (AvgIpc) is 2.88. The van der Waals surface area contributed by atoms with E-state index in [-0.39, 0.29) is 5.91 Å². The topological polar surface area (TPSA) is 38.3 Å². The molecule has 0 spiro atoms. The highest BCUT2D eigenvalue weighted by atomic mass is 16.5. The normalized spacial score (nSPS) is 17.0. The van der Waals surface area contributed by atoms with Gasteiger partial charge in [0.05, 0.1) is 0 Å². The largest absolute Gasteiger partial charge is 0.481 e. The molecule has 0 aromatic heterocycles. The van der Waals surface area contributed by atoms with Crippen LogP contribution in [0.5, 0.6) is 5.75 Å². The first kappa shape index (κ1) is 14.9. The van der Waals surface area contributed by atoms with Gasteiger partial charge < -0.3 is 10.1 Å². The van der Waals surface area contributed by atoms with E-state index >= 15 is 0 Å². The molecule has 1 aliphatic rings. The van der Waals surface area contributed by atoms with Gasteiger partial charge in [-0.25, -0.2) is 0 Å². The first-order valence-electron chi connectivity index (χ1n) is 7.52. The van der Waals surface area contributed by atoms with Crippen molar-refractivity contribution < 1.29 is 9.53 Å². The molecule has 3 heteroatoms. The highest BCUT2D eigenvalue weighted by Crippen LogP contribution is 2.24. The molecule has 0 saturated heterocycles. The Balaban J connectivity index is 1.99. The van der Waals surface area contributed by atoms with Gasteiger partial charge in [-0.1, -0.05) is 18.9 Å². The Bertz CT molecular complexity index is 490. The van der Waals surface area contributed by atoms with Crippen molar-refractivity contribution in [3.63, 3.8) is 0 Å². The van der Waals surface area contributed by atoms with Gasteiger partial charge >= 0.3 is 0 Å². The summed E-state index contributed by atoms with van der Waals surface area (Å²) in [5.74, 6) is 0.812. The predicted molar refractivity (Wildman–Crippen MR) is 81.1 cm³/mol. The lowest BCUT2D eigenvalue weighted by molar-refractivity contribution is -0.127. The van der Waals surface area contributed by atoms with Gasteiger partial charge in [0.1, 0.15) is 5.75 Å². The monoisotopic (exact) mass is 275 g/mol. The third-order valence-corrected chi connectivity index (χ3v) is 4.14. The molecule has 1 aliphatic carbocycles. The van der Waals surface area contributed by atoms with E-state index in [1.165, 1.54) is 18.4 Å². The summed E-state index contributed by atoms with van der Waals surface area (Å²) in [5.41, 5.74) is 3.46. The summed E-state index contributed by atoms with van der Waals surface area (Å²) in [6.07, 6.45) is 4.19. The predicted octanol–water partition coefficient (Wildman–Crippen LogP) is 3.44. The number of nitrogens with one attached hydrogen (secondary N) is 1. The van der Waals surface area contributed by atoms with Gasteiger partial charge in [-0.3, -0.25) is 4.79 Å². The zero-order valence-corrected chi connectivity index (χ0v) is 13.0. The zero-order chi connectivity index (χ0) is 14.7. The summed E-state index contributed by atoms with van der Waals surface area (Å²) in [6, 6.07) is 4.47. The van der Waals surface area contributed by atoms with Crippen LogP contribution < -0.4 is 10.1 Å². The minimum absolute atomic E-state index is 0.00420. The van der Waals surface area contributed by atoms with Gasteiger partial charge in [-0.15, -0.1) is 0 Å². The molecule has 3 nitrogen and oxygen atoms in total. The Kier molecular flexibility index (Phi) is 4.69. The van der Waals surface area contributed by atoms with E-state index in [2.05, 4.69) is 18.3 Å². The smallest absolute Gasteiger partial charge is 0.260 e. The van der Waals surface area contributed by atoms with Crippen molar-refractivity contribution in [3.05, 3.63) is 28.8 Å². The summed E-state index contributed by atoms with van der Waals surface area (Å²) in [5, 5.41) is 3.08. The SMILES string of the molecule is Cc1cc(C)c(C)c(OC(C)C(=O)NC2CCCC2)c1. The first-order valence-corrected chi connectivity index (χ1v) is 7.52. The van der Waals surface area contributed by atoms with Crippen molar-refractivity contribution in [1.82, 2.24) is 5.32 Å². The van der Waals surface area contributed by atoms with Crippen molar-refractivity contribution >= 4 is 5.91 Å². The quantitative estimate of drug-likeness (QED) is 0.914. The van der Waals surface area contributed by atoms with E-state index in [1.54, 1.807) is 0 Å². The van der Waals surface area contributed by atoms with Gasteiger partial charge in [0, 0.05) is 6.04 Å². The molecule has 1 saturated carbocycles. The third kappa shape index (κ3) is 3.53. The van der Waals surface area contributed by atoms with Crippen LogP contribution in [0.1, 0.15) is 49.3 Å². The van der Waals surface area contributed by atoms with Crippen LogP contribution in [-0.2, 0) is 4.79 Å². The fraction of sp³-hybridized carbons (Fsp3) is 0.588. The average molecular weight is 275 g/mol. The van der Waals surface area contributed by atoms with E-state index in [1.807, 2.05) is 26.8 Å². The maximum atomic E-state index is 12.1. The highest BCUT2D eigenvalue weighted by molar-refractivity contribution is 5.81. The second-order valence-corrected chi connectivity index (χ2v) is 5.96. The summed E-state index contributed by atoms with van der Waals surface area (Å²) in [6.45, 7) is 7.97. The Hall–Kier alpha value is -1.51. The van der Waals surface area contributed by atoms with Crippen LogP contribution in [0, 0.1) is 20.8 Å². The molecule has 110 valence electrons. The van der Waals surface area contributed by atoms with Gasteiger partial charge in [-0.05, 0) is 63.3 Å². The minimum Gasteiger partial charge on any atom is -0.481 e. The van der Waals surface area contributed by atoms with Gasteiger partial charge in [0.2, 0.25) is 0 Å². The minimum atomic E-state index is -0.449. The molecule has 1 unspecified atom stereocenters. The van der Waals surface area contributed by atoms with Crippen LogP contribution in [0.4, 0.5) is 0 Å². The molecule has 1 fully saturated rings. The molecule has 1 amide bonds. The highest BCUT2D eigenvalue weighted by Gasteiger charge is 2.22. The number of aryl methyl sites for hydroxylation is 2. The molecule has 0 radical (unpaired) electrons. The van der Waals surface area contributed by atoms with E-state index in [0.717, 1.165) is 29.7 Å². The Labute approximate surface area is 121 Å². The number of benzene rings is 1. The molecule has 1 aromatic carbocycles. The number of ether oxygens (including phenoxy) is 1. The second-order valence-electron chi connectivity index (χ2n) is 5.96. The van der Waals surface area contributed by atoms with Crippen LogP contribution in [-0.4, -0.2) is 18.1 Å². The van der Waals surface area contributed by atoms with Crippen molar-refractivity contribution in [2.45, 2.75) is 65.5 Å². The summed E-state index contributed by atoms with van der Waals surface area (Å²) in [4.78, 5) is 12.1. The van der Waals surface area contributed by atoms with E-state index in [4.69, 9.17) is 4.74 Å². The molecule has 0 heterocycles. The molecular formula is C17H25NO2. The Morgan fingerprint density at radius 2 is 1.90 bits per heavy atom. The number of carbonyl (C=O) groups is 1. The van der Waals surface area contributed by atoms with Gasteiger partial charge in [0.25, 0.3) is 5.91 Å². The van der Waals surface area contributed by atoms with Gasteiger partial charge in [-0.2, -0.15) is 0 Å². The lowest BCUT2D eigenvalue weighted by Gasteiger charge is -2.20. The lowest BCUT2D eigenvalue weighted by Crippen LogP contribution is -2.41. The molecule has 20 heavy (non-hydrogen) atoms. The molecule has 1 atom stereocenters. The molecular weight excluding hydrogens is 250 g/mol. The third-order valence-electron chi connectivity index (χ3n) is 4.14. The Morgan fingerprint density at radius 1 is 1.25 bits per heavy atom. The fourth-order valence-corrected chi connectivity index (χ4v) is 2.76.